The van der Waals surface area contributed by atoms with Crippen molar-refractivity contribution in [3.8, 4) is 22.5 Å². The topological polar surface area (TPSA) is 98.0 Å². The summed E-state index contributed by atoms with van der Waals surface area (Å²) < 4.78 is 10.1. The highest BCUT2D eigenvalue weighted by molar-refractivity contribution is 7.92. The fourth-order valence-corrected chi connectivity index (χ4v) is 4.76. The van der Waals surface area contributed by atoms with Crippen LogP contribution in [0.25, 0.3) is 22.5 Å². The summed E-state index contributed by atoms with van der Waals surface area (Å²) in [6, 6.07) is 19.8. The monoisotopic (exact) mass is 429 g/mol. The fraction of sp³-hybridized carbons (Fsp3) is 0.100. The number of aromatic nitrogens is 2. The van der Waals surface area contributed by atoms with Crippen molar-refractivity contribution in [1.29, 1.82) is 0 Å². The van der Waals surface area contributed by atoms with Gasteiger partial charge in [0.05, 0.1) is 5.01 Å². The number of nitrogens with zero attached hydrogens (tertiary/aromatic N) is 2. The minimum atomic E-state index is -0.815. The summed E-state index contributed by atoms with van der Waals surface area (Å²) in [6.45, 7) is 1.97. The zero-order valence-electron chi connectivity index (χ0n) is 15.5. The molecule has 0 aliphatic carbocycles. The van der Waals surface area contributed by atoms with Gasteiger partial charge in [0, 0.05) is 11.1 Å². The fourth-order valence-electron chi connectivity index (χ4n) is 2.49. The lowest BCUT2D eigenvalue weighted by Gasteiger charge is -1.96. The largest absolute Gasteiger partial charge is 0.389 e. The first-order chi connectivity index (χ1) is 13.5. The number of anilines is 2. The lowest BCUT2D eigenvalue weighted by Crippen LogP contribution is -1.94. The highest BCUT2D eigenvalue weighted by atomic mass is 32.2. The third kappa shape index (κ3) is 4.90. The van der Waals surface area contributed by atoms with Gasteiger partial charge in [0.1, 0.15) is 27.6 Å². The van der Waals surface area contributed by atoms with Crippen LogP contribution in [0.15, 0.2) is 65.0 Å². The molecule has 0 radical (unpaired) electrons. The van der Waals surface area contributed by atoms with E-state index < -0.39 is 11.2 Å². The maximum absolute atomic E-state index is 9.43. The molecule has 0 saturated carbocycles. The number of hydrogen-bond acceptors (Lipinski definition) is 7. The second-order valence-electron chi connectivity index (χ2n) is 5.85. The van der Waals surface area contributed by atoms with Crippen molar-refractivity contribution in [1.82, 2.24) is 9.97 Å². The average Bonchev–Trinajstić information content (AvgIpc) is 3.25. The summed E-state index contributed by atoms with van der Waals surface area (Å²) in [6.07, 6.45) is 1.72. The van der Waals surface area contributed by atoms with Crippen molar-refractivity contribution in [2.75, 3.05) is 17.7 Å². The van der Waals surface area contributed by atoms with Gasteiger partial charge in [0.15, 0.2) is 0 Å². The van der Waals surface area contributed by atoms with Crippen LogP contribution in [0.1, 0.15) is 5.01 Å². The minimum absolute atomic E-state index is 0.657. The maximum atomic E-state index is 9.43. The van der Waals surface area contributed by atoms with Gasteiger partial charge in [-0.25, -0.2) is 4.98 Å². The zero-order valence-corrected chi connectivity index (χ0v) is 17.9. The third-order valence-corrected chi connectivity index (χ3v) is 6.79. The van der Waals surface area contributed by atoms with E-state index in [0.29, 0.717) is 9.34 Å². The Balaban J connectivity index is 0.000000162. The van der Waals surface area contributed by atoms with Gasteiger partial charge in [-0.15, -0.1) is 11.3 Å². The Morgan fingerprint density at radius 2 is 1.25 bits per heavy atom. The average molecular weight is 430 g/mol. The molecule has 5 nitrogen and oxygen atoms in total. The molecule has 8 heteroatoms. The molecule has 4 rings (SSSR count). The Morgan fingerprint density at radius 3 is 1.64 bits per heavy atom. The molecule has 2 aromatic carbocycles. The van der Waals surface area contributed by atoms with E-state index in [9.17, 15) is 4.55 Å². The normalized spacial score (nSPS) is 11.5. The predicted molar refractivity (Wildman–Crippen MR) is 123 cm³/mol. The van der Waals surface area contributed by atoms with Gasteiger partial charge in [0.2, 0.25) is 11.2 Å². The zero-order chi connectivity index (χ0) is 20.1. The SMILES string of the molecule is C[S+](O)c1nc(-c2ccccc2)c(N)s1.Cc1nc(-c2ccccc2)c(N)s1. The molecule has 28 heavy (non-hydrogen) atoms. The summed E-state index contributed by atoms with van der Waals surface area (Å²) in [4.78, 5) is 8.71. The summed E-state index contributed by atoms with van der Waals surface area (Å²) >= 11 is 2.06. The lowest BCUT2D eigenvalue weighted by atomic mass is 10.2. The molecule has 2 heterocycles. The number of rotatable bonds is 3. The van der Waals surface area contributed by atoms with Crippen LogP contribution in [0, 0.1) is 6.92 Å². The highest BCUT2D eigenvalue weighted by Crippen LogP contribution is 2.32. The van der Waals surface area contributed by atoms with Gasteiger partial charge in [-0.05, 0) is 18.3 Å². The molecule has 4 aromatic rings. The minimum Gasteiger partial charge on any atom is -0.389 e. The molecule has 0 aliphatic heterocycles. The first-order valence-corrected chi connectivity index (χ1v) is 11.6. The number of nitrogens with two attached hydrogens (primary N) is 2. The van der Waals surface area contributed by atoms with Crippen LogP contribution in [0.3, 0.4) is 0 Å². The maximum Gasteiger partial charge on any atom is 0.340 e. The molecule has 0 spiro atoms. The second-order valence-corrected chi connectivity index (χ2v) is 9.71. The van der Waals surface area contributed by atoms with E-state index in [1.54, 1.807) is 6.26 Å². The predicted octanol–water partition coefficient (Wildman–Crippen LogP) is 5.17. The number of aryl methyl sites for hydroxylation is 1. The third-order valence-electron chi connectivity index (χ3n) is 3.74. The van der Waals surface area contributed by atoms with Crippen LogP contribution in [-0.4, -0.2) is 20.8 Å². The van der Waals surface area contributed by atoms with Gasteiger partial charge >= 0.3 is 4.34 Å². The Labute approximate surface area is 175 Å². The van der Waals surface area contributed by atoms with Crippen LogP contribution in [0.2, 0.25) is 0 Å². The van der Waals surface area contributed by atoms with Gasteiger partial charge in [-0.2, -0.15) is 9.54 Å². The van der Waals surface area contributed by atoms with Gasteiger partial charge in [0.25, 0.3) is 0 Å². The summed E-state index contributed by atoms with van der Waals surface area (Å²) in [5.74, 6) is 0. The Hall–Kier alpha value is -2.39. The van der Waals surface area contributed by atoms with Gasteiger partial charge in [-0.1, -0.05) is 60.7 Å². The molecule has 1 unspecified atom stereocenters. The molecule has 5 N–H and O–H groups in total. The van der Waals surface area contributed by atoms with E-state index in [2.05, 4.69) is 9.97 Å². The molecule has 0 saturated heterocycles. The molecule has 144 valence electrons. The summed E-state index contributed by atoms with van der Waals surface area (Å²) in [5.41, 5.74) is 15.4. The van der Waals surface area contributed by atoms with Gasteiger partial charge in [-0.3, -0.25) is 0 Å². The number of nitrogen functional groups attached to an aromatic ring is 2. The van der Waals surface area contributed by atoms with Crippen molar-refractivity contribution in [3.63, 3.8) is 0 Å². The summed E-state index contributed by atoms with van der Waals surface area (Å²) in [5, 5.41) is 2.46. The Morgan fingerprint density at radius 1 is 0.786 bits per heavy atom. The molecule has 0 aliphatic rings. The second kappa shape index (κ2) is 9.20. The standard InChI is InChI=1S/C10H11N2OS2.C10H10N2S/c1-15(13)10-12-8(9(11)14-10)7-5-3-2-4-6-7;1-7-12-9(10(11)13-7)8-5-3-2-4-6-8/h2-6,13H,11H2,1H3;2-6H,11H2,1H3/q+1;. The van der Waals surface area contributed by atoms with E-state index in [-0.39, 0.29) is 0 Å². The molecule has 0 bridgehead atoms. The van der Waals surface area contributed by atoms with Crippen molar-refractivity contribution < 1.29 is 4.55 Å². The lowest BCUT2D eigenvalue weighted by molar-refractivity contribution is 0.644. The summed E-state index contributed by atoms with van der Waals surface area (Å²) in [7, 11) is 0. The Bertz CT molecular complexity index is 1030. The van der Waals surface area contributed by atoms with E-state index in [4.69, 9.17) is 11.5 Å². The molecule has 2 aromatic heterocycles. The van der Waals surface area contributed by atoms with Crippen LogP contribution in [-0.2, 0) is 11.2 Å². The molecule has 1 atom stereocenters. The van der Waals surface area contributed by atoms with Crippen LogP contribution in [0.5, 0.6) is 0 Å². The van der Waals surface area contributed by atoms with Crippen LogP contribution >= 0.6 is 22.7 Å². The van der Waals surface area contributed by atoms with Gasteiger partial charge < -0.3 is 11.5 Å². The molecule has 0 amide bonds. The number of benzene rings is 2. The van der Waals surface area contributed by atoms with Crippen molar-refractivity contribution in [2.45, 2.75) is 11.3 Å². The quantitative estimate of drug-likeness (QED) is 0.390. The van der Waals surface area contributed by atoms with Crippen LogP contribution in [0.4, 0.5) is 10.0 Å². The molecular weight excluding hydrogens is 408 g/mol. The van der Waals surface area contributed by atoms with Crippen LogP contribution < -0.4 is 11.5 Å². The van der Waals surface area contributed by atoms with E-state index in [1.165, 1.54) is 22.7 Å². The van der Waals surface area contributed by atoms with Crippen molar-refractivity contribution in [2.24, 2.45) is 0 Å². The first kappa shape index (κ1) is 20.3. The number of thiazole rings is 2. The van der Waals surface area contributed by atoms with Crippen molar-refractivity contribution >= 4 is 43.9 Å². The molecular formula is C20H21N4OS3+. The smallest absolute Gasteiger partial charge is 0.340 e. The Kier molecular flexibility index (Phi) is 6.69. The molecule has 0 fully saturated rings. The number of hydrogen-bond donors (Lipinski definition) is 3. The van der Waals surface area contributed by atoms with E-state index in [1.807, 2.05) is 67.6 Å². The van der Waals surface area contributed by atoms with Crippen molar-refractivity contribution in [3.05, 3.63) is 65.7 Å². The highest BCUT2D eigenvalue weighted by Gasteiger charge is 2.21. The van der Waals surface area contributed by atoms with E-state index in [0.717, 1.165) is 32.5 Å². The van der Waals surface area contributed by atoms with E-state index >= 15 is 0 Å². The first-order valence-electron chi connectivity index (χ1n) is 8.40.